The van der Waals surface area contributed by atoms with Crippen molar-refractivity contribution >= 4 is 23.2 Å². The Bertz CT molecular complexity index is 605. The van der Waals surface area contributed by atoms with Crippen LogP contribution in [0, 0.1) is 11.3 Å². The quantitative estimate of drug-likeness (QED) is 0.759. The van der Waals surface area contributed by atoms with Gasteiger partial charge in [0.05, 0.1) is 10.6 Å². The van der Waals surface area contributed by atoms with Crippen LogP contribution in [-0.4, -0.2) is 0 Å². The summed E-state index contributed by atoms with van der Waals surface area (Å²) in [7, 11) is 0. The number of ether oxygens (including phenoxy) is 1. The molecule has 0 fully saturated rings. The maximum atomic E-state index is 9.08. The number of hydrogen-bond acceptors (Lipinski definition) is 2. The van der Waals surface area contributed by atoms with Gasteiger partial charge >= 0.3 is 0 Å². The van der Waals surface area contributed by atoms with Crippen LogP contribution in [0.15, 0.2) is 42.5 Å². The van der Waals surface area contributed by atoms with Gasteiger partial charge in [-0.05, 0) is 29.8 Å². The van der Waals surface area contributed by atoms with Crippen LogP contribution in [0.3, 0.4) is 0 Å². The first-order valence-corrected chi connectivity index (χ1v) is 6.17. The van der Waals surface area contributed by atoms with Crippen molar-refractivity contribution in [2.24, 2.45) is 0 Å². The topological polar surface area (TPSA) is 33.0 Å². The van der Waals surface area contributed by atoms with E-state index in [0.29, 0.717) is 28.0 Å². The molecule has 90 valence electrons. The molecule has 0 heterocycles. The van der Waals surface area contributed by atoms with E-state index in [-0.39, 0.29) is 0 Å². The third-order valence-electron chi connectivity index (χ3n) is 2.38. The highest BCUT2D eigenvalue weighted by Crippen LogP contribution is 2.31. The number of benzene rings is 2. The normalized spacial score (nSPS) is 9.83. The van der Waals surface area contributed by atoms with Crippen molar-refractivity contribution in [1.82, 2.24) is 0 Å². The molecule has 2 aromatic rings. The van der Waals surface area contributed by atoms with E-state index in [1.165, 1.54) is 0 Å². The largest absolute Gasteiger partial charge is 0.454 e. The van der Waals surface area contributed by atoms with E-state index in [2.05, 4.69) is 6.07 Å². The molecule has 2 aromatic carbocycles. The number of nitriles is 1. The van der Waals surface area contributed by atoms with Crippen LogP contribution in [0.4, 0.5) is 0 Å². The number of para-hydroxylation sites is 1. The van der Waals surface area contributed by atoms with Gasteiger partial charge in [0.2, 0.25) is 0 Å². The molecule has 0 spiro atoms. The number of rotatable bonds is 3. The molecule has 4 heteroatoms. The zero-order valence-corrected chi connectivity index (χ0v) is 10.9. The molecular formula is C14H9Cl2NO. The van der Waals surface area contributed by atoms with E-state index in [4.69, 9.17) is 33.2 Å². The van der Waals surface area contributed by atoms with Crippen LogP contribution in [0.25, 0.3) is 0 Å². The van der Waals surface area contributed by atoms with Crippen molar-refractivity contribution in [3.8, 4) is 17.6 Å². The summed E-state index contributed by atoms with van der Waals surface area (Å²) in [6.07, 6.45) is 0. The minimum absolute atomic E-state index is 0.362. The fraction of sp³-hybridized carbons (Fsp3) is 0.0714. The van der Waals surface area contributed by atoms with Crippen LogP contribution in [0.1, 0.15) is 11.1 Å². The van der Waals surface area contributed by atoms with Crippen LogP contribution >= 0.6 is 23.2 Å². The van der Waals surface area contributed by atoms with Crippen LogP contribution in [-0.2, 0) is 5.88 Å². The first kappa shape index (κ1) is 12.8. The molecule has 2 nitrogen and oxygen atoms in total. The van der Waals surface area contributed by atoms with Gasteiger partial charge in [0.25, 0.3) is 0 Å². The molecule has 2 rings (SSSR count). The number of halogens is 2. The molecule has 0 bridgehead atoms. The summed E-state index contributed by atoms with van der Waals surface area (Å²) >= 11 is 11.7. The average Bonchev–Trinajstić information content (AvgIpc) is 2.41. The molecule has 0 N–H and O–H groups in total. The zero-order valence-electron chi connectivity index (χ0n) is 9.36. The Labute approximate surface area is 115 Å². The molecule has 0 saturated heterocycles. The van der Waals surface area contributed by atoms with Gasteiger partial charge in [0, 0.05) is 5.88 Å². The lowest BCUT2D eigenvalue weighted by Gasteiger charge is -2.09. The lowest BCUT2D eigenvalue weighted by Crippen LogP contribution is -1.90. The second kappa shape index (κ2) is 5.77. The monoisotopic (exact) mass is 277 g/mol. The van der Waals surface area contributed by atoms with E-state index >= 15 is 0 Å². The fourth-order valence-electron chi connectivity index (χ4n) is 1.48. The summed E-state index contributed by atoms with van der Waals surface area (Å²) in [5.41, 5.74) is 1.31. The Morgan fingerprint density at radius 1 is 1.11 bits per heavy atom. The summed E-state index contributed by atoms with van der Waals surface area (Å²) in [6.45, 7) is 0. The van der Waals surface area contributed by atoms with E-state index in [0.717, 1.165) is 5.56 Å². The molecule has 0 amide bonds. The van der Waals surface area contributed by atoms with Crippen molar-refractivity contribution in [2.75, 3.05) is 0 Å². The lowest BCUT2D eigenvalue weighted by molar-refractivity contribution is 0.481. The van der Waals surface area contributed by atoms with Crippen LogP contribution in [0.5, 0.6) is 11.5 Å². The Kier molecular flexibility index (Phi) is 4.09. The summed E-state index contributed by atoms with van der Waals surface area (Å²) in [5, 5.41) is 9.58. The fourth-order valence-corrected chi connectivity index (χ4v) is 1.82. The molecule has 0 saturated carbocycles. The minimum Gasteiger partial charge on any atom is -0.454 e. The van der Waals surface area contributed by atoms with Crippen molar-refractivity contribution < 1.29 is 4.74 Å². The number of alkyl halides is 1. The molecular weight excluding hydrogens is 269 g/mol. The highest BCUT2D eigenvalue weighted by Gasteiger charge is 2.07. The third-order valence-corrected chi connectivity index (χ3v) is 3.00. The Balaban J connectivity index is 2.35. The highest BCUT2D eigenvalue weighted by molar-refractivity contribution is 6.32. The van der Waals surface area contributed by atoms with E-state index < -0.39 is 0 Å². The van der Waals surface area contributed by atoms with Crippen molar-refractivity contribution in [2.45, 2.75) is 5.88 Å². The highest BCUT2D eigenvalue weighted by atomic mass is 35.5. The molecule has 0 aliphatic rings. The summed E-state index contributed by atoms with van der Waals surface area (Å²) in [6, 6.07) is 14.4. The van der Waals surface area contributed by atoms with Crippen molar-refractivity contribution in [3.63, 3.8) is 0 Å². The number of hydrogen-bond donors (Lipinski definition) is 0. The minimum atomic E-state index is 0.362. The Hall–Kier alpha value is -1.69. The maximum Gasteiger partial charge on any atom is 0.146 e. The maximum absolute atomic E-state index is 9.08. The second-order valence-corrected chi connectivity index (χ2v) is 4.28. The van der Waals surface area contributed by atoms with Crippen LogP contribution in [0.2, 0.25) is 5.02 Å². The smallest absolute Gasteiger partial charge is 0.146 e. The Morgan fingerprint density at radius 2 is 1.89 bits per heavy atom. The third kappa shape index (κ3) is 2.76. The first-order chi connectivity index (χ1) is 8.74. The predicted molar refractivity (Wildman–Crippen MR) is 72.2 cm³/mol. The summed E-state index contributed by atoms with van der Waals surface area (Å²) in [5.74, 6) is 1.36. The van der Waals surface area contributed by atoms with E-state index in [9.17, 15) is 0 Å². The van der Waals surface area contributed by atoms with Crippen molar-refractivity contribution in [1.29, 1.82) is 5.26 Å². The van der Waals surface area contributed by atoms with Gasteiger partial charge in [-0.25, -0.2) is 0 Å². The first-order valence-electron chi connectivity index (χ1n) is 5.26. The molecule has 0 radical (unpaired) electrons. The predicted octanol–water partition coefficient (Wildman–Crippen LogP) is 4.74. The molecule has 0 aliphatic heterocycles. The van der Waals surface area contributed by atoms with Gasteiger partial charge in [0.1, 0.15) is 17.6 Å². The van der Waals surface area contributed by atoms with Gasteiger partial charge in [-0.3, -0.25) is 0 Å². The van der Waals surface area contributed by atoms with Gasteiger partial charge in [-0.15, -0.1) is 11.6 Å². The summed E-state index contributed by atoms with van der Waals surface area (Å²) in [4.78, 5) is 0. The zero-order chi connectivity index (χ0) is 13.0. The van der Waals surface area contributed by atoms with Gasteiger partial charge in [-0.1, -0.05) is 29.8 Å². The SMILES string of the molecule is N#Cc1cc(CCl)ccc1Oc1ccccc1Cl. The molecule has 0 unspecified atom stereocenters. The Morgan fingerprint density at radius 3 is 2.56 bits per heavy atom. The summed E-state index contributed by atoms with van der Waals surface area (Å²) < 4.78 is 5.63. The van der Waals surface area contributed by atoms with Crippen LogP contribution < -0.4 is 4.74 Å². The van der Waals surface area contributed by atoms with Gasteiger partial charge < -0.3 is 4.74 Å². The molecule has 0 atom stereocenters. The van der Waals surface area contributed by atoms with E-state index in [1.54, 1.807) is 24.3 Å². The second-order valence-electron chi connectivity index (χ2n) is 3.61. The molecule has 0 aromatic heterocycles. The average molecular weight is 278 g/mol. The molecule has 18 heavy (non-hydrogen) atoms. The van der Waals surface area contributed by atoms with Gasteiger partial charge in [-0.2, -0.15) is 5.26 Å². The standard InChI is InChI=1S/C14H9Cl2NO/c15-8-10-5-6-13(11(7-10)9-17)18-14-4-2-1-3-12(14)16/h1-7H,8H2. The number of nitrogens with zero attached hydrogens (tertiary/aromatic N) is 1. The van der Waals surface area contributed by atoms with E-state index in [1.807, 2.05) is 18.2 Å². The van der Waals surface area contributed by atoms with Gasteiger partial charge in [0.15, 0.2) is 0 Å². The van der Waals surface area contributed by atoms with Crippen molar-refractivity contribution in [3.05, 3.63) is 58.6 Å². The molecule has 0 aliphatic carbocycles. The lowest BCUT2D eigenvalue weighted by atomic mass is 10.1.